The second-order valence-electron chi connectivity index (χ2n) is 4.82. The molecule has 3 aromatic rings. The fraction of sp³-hybridized carbons (Fsp3) is 0.214. The smallest absolute Gasteiger partial charge is 0.253 e. The number of carbonyl (C=O) groups excluding carboxylic acids is 1. The van der Waals surface area contributed by atoms with Gasteiger partial charge in [-0.05, 0) is 18.2 Å². The molecule has 2 heterocycles. The van der Waals surface area contributed by atoms with Gasteiger partial charge in [-0.15, -0.1) is 0 Å². The van der Waals surface area contributed by atoms with Gasteiger partial charge in [0.05, 0.1) is 23.6 Å². The molecule has 0 aliphatic heterocycles. The van der Waals surface area contributed by atoms with Crippen molar-refractivity contribution in [3.8, 4) is 0 Å². The first-order chi connectivity index (χ1) is 9.63. The average molecular weight is 269 g/mol. The van der Waals surface area contributed by atoms with E-state index in [1.54, 1.807) is 35.2 Å². The van der Waals surface area contributed by atoms with Crippen LogP contribution in [0, 0.1) is 0 Å². The van der Waals surface area contributed by atoms with E-state index in [2.05, 4.69) is 15.1 Å². The van der Waals surface area contributed by atoms with Crippen LogP contribution in [-0.2, 0) is 13.6 Å². The highest BCUT2D eigenvalue weighted by Gasteiger charge is 2.13. The lowest BCUT2D eigenvalue weighted by atomic mass is 10.1. The molecule has 0 atom stereocenters. The number of carbonyl (C=O) groups is 1. The summed E-state index contributed by atoms with van der Waals surface area (Å²) >= 11 is 0. The Bertz CT molecular complexity index is 758. The molecule has 0 aliphatic rings. The molecule has 0 spiro atoms. The Balaban J connectivity index is 1.80. The number of benzene rings is 1. The number of nitrogens with one attached hydrogen (secondary N) is 1. The topological polar surface area (TPSA) is 66.8 Å². The number of aromatic amines is 1. The highest BCUT2D eigenvalue weighted by Crippen LogP contribution is 2.14. The van der Waals surface area contributed by atoms with Crippen LogP contribution in [0.2, 0.25) is 0 Å². The van der Waals surface area contributed by atoms with Gasteiger partial charge in [0.25, 0.3) is 5.91 Å². The lowest BCUT2D eigenvalue weighted by Crippen LogP contribution is -2.26. The standard InChI is InChI=1S/C14H15N5O/c1-18(7-10-6-17-19(2)8-10)14(20)11-3-4-12-13(5-11)16-9-15-12/h3-6,8-9H,7H2,1-2H3,(H,15,16). The minimum absolute atomic E-state index is 0.0228. The van der Waals surface area contributed by atoms with Crippen molar-refractivity contribution in [1.29, 1.82) is 0 Å². The molecule has 0 aliphatic carbocycles. The predicted molar refractivity (Wildman–Crippen MR) is 75.1 cm³/mol. The normalized spacial score (nSPS) is 10.9. The predicted octanol–water partition coefficient (Wildman–Crippen LogP) is 1.57. The number of imidazole rings is 1. The second-order valence-corrected chi connectivity index (χ2v) is 4.82. The summed E-state index contributed by atoms with van der Waals surface area (Å²) in [5, 5.41) is 4.10. The molecule has 0 saturated carbocycles. The average Bonchev–Trinajstić information content (AvgIpc) is 3.05. The highest BCUT2D eigenvalue weighted by atomic mass is 16.2. The zero-order valence-electron chi connectivity index (χ0n) is 11.4. The zero-order valence-corrected chi connectivity index (χ0v) is 11.4. The van der Waals surface area contributed by atoms with Crippen LogP contribution in [-0.4, -0.2) is 37.6 Å². The first kappa shape index (κ1) is 12.4. The van der Waals surface area contributed by atoms with E-state index in [9.17, 15) is 4.79 Å². The lowest BCUT2D eigenvalue weighted by molar-refractivity contribution is 0.0785. The third-order valence-corrected chi connectivity index (χ3v) is 3.19. The number of fused-ring (bicyclic) bond motifs is 1. The van der Waals surface area contributed by atoms with E-state index in [0.717, 1.165) is 16.6 Å². The molecule has 0 fully saturated rings. The van der Waals surface area contributed by atoms with E-state index in [4.69, 9.17) is 0 Å². The molecule has 0 bridgehead atoms. The van der Waals surface area contributed by atoms with Gasteiger partial charge >= 0.3 is 0 Å². The molecule has 102 valence electrons. The van der Waals surface area contributed by atoms with Gasteiger partial charge in [-0.1, -0.05) is 0 Å². The number of amides is 1. The first-order valence-electron chi connectivity index (χ1n) is 6.29. The summed E-state index contributed by atoms with van der Waals surface area (Å²) in [7, 11) is 3.64. The molecule has 0 unspecified atom stereocenters. The Morgan fingerprint density at radius 3 is 3.05 bits per heavy atom. The maximum absolute atomic E-state index is 12.4. The first-order valence-corrected chi connectivity index (χ1v) is 6.29. The molecule has 1 amide bonds. The van der Waals surface area contributed by atoms with Gasteiger partial charge in [0.1, 0.15) is 0 Å². The molecule has 0 radical (unpaired) electrons. The summed E-state index contributed by atoms with van der Waals surface area (Å²) in [5.74, 6) is -0.0228. The minimum Gasteiger partial charge on any atom is -0.345 e. The van der Waals surface area contributed by atoms with Crippen LogP contribution in [0.1, 0.15) is 15.9 Å². The van der Waals surface area contributed by atoms with Crippen molar-refractivity contribution in [2.75, 3.05) is 7.05 Å². The summed E-state index contributed by atoms with van der Waals surface area (Å²) < 4.78 is 1.73. The van der Waals surface area contributed by atoms with E-state index in [1.165, 1.54) is 0 Å². The fourth-order valence-corrected chi connectivity index (χ4v) is 2.19. The Morgan fingerprint density at radius 1 is 1.45 bits per heavy atom. The van der Waals surface area contributed by atoms with Crippen LogP contribution in [0.15, 0.2) is 36.9 Å². The monoisotopic (exact) mass is 269 g/mol. The van der Waals surface area contributed by atoms with Crippen molar-refractivity contribution >= 4 is 16.9 Å². The third kappa shape index (κ3) is 2.27. The number of rotatable bonds is 3. The molecule has 0 saturated heterocycles. The van der Waals surface area contributed by atoms with Crippen molar-refractivity contribution in [1.82, 2.24) is 24.6 Å². The number of hydrogen-bond donors (Lipinski definition) is 1. The Morgan fingerprint density at radius 2 is 2.30 bits per heavy atom. The summed E-state index contributed by atoms with van der Waals surface area (Å²) in [6.45, 7) is 0.535. The quantitative estimate of drug-likeness (QED) is 0.784. The zero-order chi connectivity index (χ0) is 14.1. The van der Waals surface area contributed by atoms with Gasteiger partial charge in [-0.2, -0.15) is 5.10 Å². The van der Waals surface area contributed by atoms with Crippen molar-refractivity contribution in [2.45, 2.75) is 6.54 Å². The summed E-state index contributed by atoms with van der Waals surface area (Å²) in [6, 6.07) is 5.46. The van der Waals surface area contributed by atoms with E-state index < -0.39 is 0 Å². The van der Waals surface area contributed by atoms with Gasteiger partial charge in [0, 0.05) is 38.0 Å². The van der Waals surface area contributed by atoms with Gasteiger partial charge in [0.2, 0.25) is 0 Å². The molecule has 20 heavy (non-hydrogen) atoms. The fourth-order valence-electron chi connectivity index (χ4n) is 2.19. The molecule has 6 nitrogen and oxygen atoms in total. The summed E-state index contributed by atoms with van der Waals surface area (Å²) in [6.07, 6.45) is 5.29. The number of hydrogen-bond acceptors (Lipinski definition) is 3. The van der Waals surface area contributed by atoms with Gasteiger partial charge in [0.15, 0.2) is 0 Å². The van der Waals surface area contributed by atoms with Crippen LogP contribution in [0.3, 0.4) is 0 Å². The highest BCUT2D eigenvalue weighted by molar-refractivity contribution is 5.97. The number of nitrogens with zero attached hydrogens (tertiary/aromatic N) is 4. The van der Waals surface area contributed by atoms with Gasteiger partial charge < -0.3 is 9.88 Å². The lowest BCUT2D eigenvalue weighted by Gasteiger charge is -2.16. The van der Waals surface area contributed by atoms with Crippen molar-refractivity contribution in [3.05, 3.63) is 48.0 Å². The van der Waals surface area contributed by atoms with Crippen molar-refractivity contribution in [2.24, 2.45) is 7.05 Å². The Kier molecular flexibility index (Phi) is 2.98. The van der Waals surface area contributed by atoms with E-state index in [-0.39, 0.29) is 5.91 Å². The number of aryl methyl sites for hydroxylation is 1. The van der Waals surface area contributed by atoms with Crippen molar-refractivity contribution in [3.63, 3.8) is 0 Å². The van der Waals surface area contributed by atoms with Crippen LogP contribution in [0.4, 0.5) is 0 Å². The molecular formula is C14H15N5O. The van der Waals surface area contributed by atoms with E-state index >= 15 is 0 Å². The van der Waals surface area contributed by atoms with Crippen LogP contribution < -0.4 is 0 Å². The molecule has 2 aromatic heterocycles. The maximum Gasteiger partial charge on any atom is 0.253 e. The van der Waals surface area contributed by atoms with Crippen LogP contribution in [0.5, 0.6) is 0 Å². The molecule has 1 N–H and O–H groups in total. The third-order valence-electron chi connectivity index (χ3n) is 3.19. The second kappa shape index (κ2) is 4.80. The number of aromatic nitrogens is 4. The summed E-state index contributed by atoms with van der Waals surface area (Å²) in [5.41, 5.74) is 3.38. The van der Waals surface area contributed by atoms with Crippen LogP contribution >= 0.6 is 0 Å². The summed E-state index contributed by atoms with van der Waals surface area (Å²) in [4.78, 5) is 21.2. The van der Waals surface area contributed by atoms with Crippen LogP contribution in [0.25, 0.3) is 11.0 Å². The van der Waals surface area contributed by atoms with E-state index in [1.807, 2.05) is 25.4 Å². The molecular weight excluding hydrogens is 254 g/mol. The maximum atomic E-state index is 12.4. The van der Waals surface area contributed by atoms with E-state index in [0.29, 0.717) is 12.1 Å². The minimum atomic E-state index is -0.0228. The molecule has 1 aromatic carbocycles. The Hall–Kier alpha value is -2.63. The van der Waals surface area contributed by atoms with Gasteiger partial charge in [-0.3, -0.25) is 9.48 Å². The van der Waals surface area contributed by atoms with Gasteiger partial charge in [-0.25, -0.2) is 4.98 Å². The molecule has 3 rings (SSSR count). The molecule has 6 heteroatoms. The number of H-pyrrole nitrogens is 1. The SMILES string of the molecule is CN(Cc1cnn(C)c1)C(=O)c1ccc2nc[nH]c2c1. The van der Waals surface area contributed by atoms with Crippen molar-refractivity contribution < 1.29 is 4.79 Å². The Labute approximate surface area is 116 Å². The largest absolute Gasteiger partial charge is 0.345 e.